The molecule has 84 valence electrons. The Morgan fingerprint density at radius 1 is 1.53 bits per heavy atom. The topological polar surface area (TPSA) is 28.2 Å². The summed E-state index contributed by atoms with van der Waals surface area (Å²) in [6, 6.07) is 4.25. The Morgan fingerprint density at radius 2 is 2.27 bits per heavy atom. The van der Waals surface area contributed by atoms with Gasteiger partial charge in [0.05, 0.1) is 5.02 Å². The van der Waals surface area contributed by atoms with Crippen LogP contribution in [0.4, 0.5) is 5.82 Å². The number of halogens is 1. The fourth-order valence-electron chi connectivity index (χ4n) is 1.51. The highest BCUT2D eigenvalue weighted by Gasteiger charge is 2.06. The largest absolute Gasteiger partial charge is 0.358 e. The number of hydrogen-bond acceptors (Lipinski definition) is 3. The molecule has 15 heavy (non-hydrogen) atoms. The molecule has 0 bridgehead atoms. The molecule has 4 heteroatoms. The van der Waals surface area contributed by atoms with Crippen LogP contribution in [0.25, 0.3) is 0 Å². The molecule has 0 saturated heterocycles. The maximum absolute atomic E-state index is 5.78. The molecule has 0 saturated carbocycles. The van der Waals surface area contributed by atoms with Crippen molar-refractivity contribution in [1.29, 1.82) is 0 Å². The van der Waals surface area contributed by atoms with Gasteiger partial charge in [0, 0.05) is 25.8 Å². The molecule has 1 unspecified atom stereocenters. The van der Waals surface area contributed by atoms with E-state index in [2.05, 4.69) is 29.0 Å². The lowest BCUT2D eigenvalue weighted by molar-refractivity contribution is 0.563. The molecule has 1 rings (SSSR count). The Bertz CT molecular complexity index is 286. The first kappa shape index (κ1) is 12.3. The number of aromatic nitrogens is 1. The van der Waals surface area contributed by atoms with Crippen LogP contribution in [0.5, 0.6) is 0 Å². The lowest BCUT2D eigenvalue weighted by Gasteiger charge is -2.22. The van der Waals surface area contributed by atoms with Crippen LogP contribution >= 0.6 is 11.6 Å². The van der Waals surface area contributed by atoms with Crippen molar-refractivity contribution in [2.75, 3.05) is 25.0 Å². The van der Waals surface area contributed by atoms with Crippen LogP contribution in [0.3, 0.4) is 0 Å². The Kier molecular flexibility index (Phi) is 4.85. The third kappa shape index (κ3) is 4.06. The summed E-state index contributed by atoms with van der Waals surface area (Å²) in [4.78, 5) is 6.37. The van der Waals surface area contributed by atoms with Crippen molar-refractivity contribution in [3.05, 3.63) is 23.4 Å². The van der Waals surface area contributed by atoms with Crippen molar-refractivity contribution < 1.29 is 0 Å². The Morgan fingerprint density at radius 3 is 2.80 bits per heavy atom. The van der Waals surface area contributed by atoms with Crippen molar-refractivity contribution >= 4 is 17.4 Å². The van der Waals surface area contributed by atoms with Gasteiger partial charge in [-0.25, -0.2) is 4.98 Å². The average molecular weight is 228 g/mol. The predicted molar refractivity (Wildman–Crippen MR) is 65.7 cm³/mol. The predicted octanol–water partition coefficient (Wildman–Crippen LogP) is 2.17. The van der Waals surface area contributed by atoms with E-state index in [1.807, 2.05) is 19.2 Å². The SMILES string of the molecule is CCNC(C)CN(C)c1ccc(Cl)cn1. The van der Waals surface area contributed by atoms with Crippen LogP contribution in [-0.2, 0) is 0 Å². The lowest BCUT2D eigenvalue weighted by atomic mass is 10.3. The van der Waals surface area contributed by atoms with Crippen LogP contribution in [-0.4, -0.2) is 31.2 Å². The number of likely N-dealkylation sites (N-methyl/N-ethyl adjacent to an activating group) is 2. The molecule has 1 aromatic heterocycles. The monoisotopic (exact) mass is 227 g/mol. The van der Waals surface area contributed by atoms with Crippen molar-refractivity contribution in [3.8, 4) is 0 Å². The molecule has 1 N–H and O–H groups in total. The molecule has 0 fully saturated rings. The quantitative estimate of drug-likeness (QED) is 0.836. The minimum atomic E-state index is 0.456. The standard InChI is InChI=1S/C11H18ClN3/c1-4-13-9(2)8-15(3)11-6-5-10(12)7-14-11/h5-7,9,13H,4,8H2,1-3H3. The first-order chi connectivity index (χ1) is 7.13. The summed E-state index contributed by atoms with van der Waals surface area (Å²) >= 11 is 5.78. The summed E-state index contributed by atoms with van der Waals surface area (Å²) in [6.45, 7) is 6.19. The van der Waals surface area contributed by atoms with Crippen LogP contribution in [0.1, 0.15) is 13.8 Å². The second-order valence-electron chi connectivity index (χ2n) is 3.67. The van der Waals surface area contributed by atoms with Crippen molar-refractivity contribution in [2.24, 2.45) is 0 Å². The minimum absolute atomic E-state index is 0.456. The number of rotatable bonds is 5. The summed E-state index contributed by atoms with van der Waals surface area (Å²) in [5, 5.41) is 4.04. The van der Waals surface area contributed by atoms with Gasteiger partial charge in [-0.2, -0.15) is 0 Å². The van der Waals surface area contributed by atoms with Gasteiger partial charge in [0.25, 0.3) is 0 Å². The van der Waals surface area contributed by atoms with Gasteiger partial charge in [0.1, 0.15) is 5.82 Å². The van der Waals surface area contributed by atoms with Gasteiger partial charge >= 0.3 is 0 Å². The summed E-state index contributed by atoms with van der Waals surface area (Å²) in [7, 11) is 2.03. The van der Waals surface area contributed by atoms with Crippen molar-refractivity contribution in [2.45, 2.75) is 19.9 Å². The number of hydrogen-bond donors (Lipinski definition) is 1. The summed E-state index contributed by atoms with van der Waals surface area (Å²) in [5.74, 6) is 0.948. The molecule has 0 aromatic carbocycles. The second kappa shape index (κ2) is 5.93. The normalized spacial score (nSPS) is 12.5. The molecule has 0 aliphatic heterocycles. The van der Waals surface area contributed by atoms with E-state index < -0.39 is 0 Å². The lowest BCUT2D eigenvalue weighted by Crippen LogP contribution is -2.37. The summed E-state index contributed by atoms with van der Waals surface area (Å²) in [6.07, 6.45) is 1.67. The van der Waals surface area contributed by atoms with Gasteiger partial charge in [0.15, 0.2) is 0 Å². The molecule has 1 aromatic rings. The van der Waals surface area contributed by atoms with Gasteiger partial charge in [-0.1, -0.05) is 18.5 Å². The minimum Gasteiger partial charge on any atom is -0.358 e. The van der Waals surface area contributed by atoms with E-state index in [0.29, 0.717) is 11.1 Å². The molecule has 0 amide bonds. The van der Waals surface area contributed by atoms with Crippen LogP contribution < -0.4 is 10.2 Å². The average Bonchev–Trinajstić information content (AvgIpc) is 2.18. The van der Waals surface area contributed by atoms with E-state index in [1.54, 1.807) is 6.20 Å². The Labute approximate surface area is 96.5 Å². The second-order valence-corrected chi connectivity index (χ2v) is 4.11. The third-order valence-corrected chi connectivity index (χ3v) is 2.43. The Balaban J connectivity index is 2.53. The Hall–Kier alpha value is -0.800. The van der Waals surface area contributed by atoms with E-state index in [9.17, 15) is 0 Å². The maximum Gasteiger partial charge on any atom is 0.128 e. The smallest absolute Gasteiger partial charge is 0.128 e. The van der Waals surface area contributed by atoms with Crippen molar-refractivity contribution in [1.82, 2.24) is 10.3 Å². The molecular weight excluding hydrogens is 210 g/mol. The van der Waals surface area contributed by atoms with Crippen LogP contribution in [0.15, 0.2) is 18.3 Å². The highest BCUT2D eigenvalue weighted by atomic mass is 35.5. The highest BCUT2D eigenvalue weighted by Crippen LogP contribution is 2.12. The zero-order chi connectivity index (χ0) is 11.3. The fraction of sp³-hybridized carbons (Fsp3) is 0.545. The van der Waals surface area contributed by atoms with Crippen LogP contribution in [0, 0.1) is 0 Å². The van der Waals surface area contributed by atoms with E-state index in [1.165, 1.54) is 0 Å². The summed E-state index contributed by atoms with van der Waals surface area (Å²) in [5.41, 5.74) is 0. The molecule has 0 aliphatic carbocycles. The number of nitrogens with zero attached hydrogens (tertiary/aromatic N) is 2. The fourth-order valence-corrected chi connectivity index (χ4v) is 1.62. The molecule has 0 radical (unpaired) electrons. The zero-order valence-corrected chi connectivity index (χ0v) is 10.3. The van der Waals surface area contributed by atoms with E-state index in [0.717, 1.165) is 18.9 Å². The van der Waals surface area contributed by atoms with E-state index >= 15 is 0 Å². The number of anilines is 1. The first-order valence-corrected chi connectivity index (χ1v) is 5.57. The zero-order valence-electron chi connectivity index (χ0n) is 9.50. The molecule has 3 nitrogen and oxygen atoms in total. The van der Waals surface area contributed by atoms with Gasteiger partial charge in [-0.3, -0.25) is 0 Å². The van der Waals surface area contributed by atoms with E-state index in [-0.39, 0.29) is 0 Å². The molecule has 1 atom stereocenters. The molecule has 0 aliphatic rings. The van der Waals surface area contributed by atoms with Gasteiger partial charge in [0.2, 0.25) is 0 Å². The summed E-state index contributed by atoms with van der Waals surface area (Å²) < 4.78 is 0. The molecule has 1 heterocycles. The number of nitrogens with one attached hydrogen (secondary N) is 1. The maximum atomic E-state index is 5.78. The molecular formula is C11H18ClN3. The number of pyridine rings is 1. The van der Waals surface area contributed by atoms with Crippen LogP contribution in [0.2, 0.25) is 5.02 Å². The highest BCUT2D eigenvalue weighted by molar-refractivity contribution is 6.30. The first-order valence-electron chi connectivity index (χ1n) is 5.19. The van der Waals surface area contributed by atoms with Gasteiger partial charge in [-0.05, 0) is 25.6 Å². The van der Waals surface area contributed by atoms with E-state index in [4.69, 9.17) is 11.6 Å². The van der Waals surface area contributed by atoms with Gasteiger partial charge in [-0.15, -0.1) is 0 Å². The van der Waals surface area contributed by atoms with Crippen molar-refractivity contribution in [3.63, 3.8) is 0 Å². The molecule has 0 spiro atoms. The third-order valence-electron chi connectivity index (χ3n) is 2.20. The van der Waals surface area contributed by atoms with Gasteiger partial charge < -0.3 is 10.2 Å².